The van der Waals surface area contributed by atoms with Gasteiger partial charge in [-0.2, -0.15) is 0 Å². The number of rotatable bonds is 2. The summed E-state index contributed by atoms with van der Waals surface area (Å²) in [6, 6.07) is 3.70. The molecule has 0 bridgehead atoms. The molecule has 2 aromatic rings. The fourth-order valence-corrected chi connectivity index (χ4v) is 2.31. The summed E-state index contributed by atoms with van der Waals surface area (Å²) in [6.45, 7) is 1.58. The number of anilines is 1. The van der Waals surface area contributed by atoms with Crippen LogP contribution in [0.4, 0.5) is 5.82 Å². The SMILES string of the molecule is O=c1[nH]c2c(o1)CCCN2Cc1ccc(Cl)nc1. The molecule has 6 heteroatoms. The zero-order valence-electron chi connectivity index (χ0n) is 9.65. The van der Waals surface area contributed by atoms with E-state index in [0.29, 0.717) is 11.7 Å². The molecule has 1 aliphatic rings. The molecule has 2 aromatic heterocycles. The van der Waals surface area contributed by atoms with Gasteiger partial charge in [0.1, 0.15) is 5.15 Å². The fourth-order valence-electron chi connectivity index (χ4n) is 2.20. The molecule has 5 nitrogen and oxygen atoms in total. The van der Waals surface area contributed by atoms with E-state index in [1.54, 1.807) is 12.3 Å². The van der Waals surface area contributed by atoms with Crippen LogP contribution in [0.3, 0.4) is 0 Å². The summed E-state index contributed by atoms with van der Waals surface area (Å²) in [7, 11) is 0. The van der Waals surface area contributed by atoms with E-state index in [4.69, 9.17) is 16.0 Å². The summed E-state index contributed by atoms with van der Waals surface area (Å²) in [5.74, 6) is 1.15. The van der Waals surface area contributed by atoms with Crippen molar-refractivity contribution < 1.29 is 4.42 Å². The minimum Gasteiger partial charge on any atom is -0.411 e. The number of aromatic nitrogens is 2. The Morgan fingerprint density at radius 2 is 2.39 bits per heavy atom. The number of pyridine rings is 1. The normalized spacial score (nSPS) is 14.6. The quantitative estimate of drug-likeness (QED) is 0.844. The Bertz CT molecular complexity index is 603. The Morgan fingerprint density at radius 3 is 3.17 bits per heavy atom. The van der Waals surface area contributed by atoms with Crippen molar-refractivity contribution in [3.8, 4) is 0 Å². The van der Waals surface area contributed by atoms with Gasteiger partial charge in [0, 0.05) is 25.7 Å². The molecule has 0 aliphatic carbocycles. The minimum atomic E-state index is -0.388. The Hall–Kier alpha value is -1.75. The maximum atomic E-state index is 11.2. The number of nitrogens with zero attached hydrogens (tertiary/aromatic N) is 2. The predicted octanol–water partition coefficient (Wildman–Crippen LogP) is 1.97. The lowest BCUT2D eigenvalue weighted by atomic mass is 10.1. The van der Waals surface area contributed by atoms with Gasteiger partial charge >= 0.3 is 5.76 Å². The van der Waals surface area contributed by atoms with E-state index in [1.807, 2.05) is 6.07 Å². The van der Waals surface area contributed by atoms with Gasteiger partial charge in [-0.15, -0.1) is 0 Å². The highest BCUT2D eigenvalue weighted by molar-refractivity contribution is 6.29. The van der Waals surface area contributed by atoms with Gasteiger partial charge in [-0.25, -0.2) is 9.78 Å². The molecule has 3 heterocycles. The average molecular weight is 266 g/mol. The number of halogens is 1. The number of fused-ring (bicyclic) bond motifs is 1. The molecule has 0 spiro atoms. The second kappa shape index (κ2) is 4.49. The minimum absolute atomic E-state index is 0.388. The van der Waals surface area contributed by atoms with Crippen molar-refractivity contribution >= 4 is 17.4 Å². The number of aryl methyl sites for hydroxylation is 1. The molecular weight excluding hydrogens is 254 g/mol. The number of aromatic amines is 1. The van der Waals surface area contributed by atoms with Crippen LogP contribution in [0.1, 0.15) is 17.7 Å². The van der Waals surface area contributed by atoms with Crippen LogP contribution in [0.2, 0.25) is 5.15 Å². The lowest BCUT2D eigenvalue weighted by Crippen LogP contribution is -2.28. The van der Waals surface area contributed by atoms with Gasteiger partial charge in [0.15, 0.2) is 11.6 Å². The molecule has 0 aromatic carbocycles. The molecule has 94 valence electrons. The maximum Gasteiger partial charge on any atom is 0.418 e. The Kier molecular flexibility index (Phi) is 2.83. The summed E-state index contributed by atoms with van der Waals surface area (Å²) in [5.41, 5.74) is 1.05. The van der Waals surface area contributed by atoms with E-state index in [9.17, 15) is 4.79 Å². The topological polar surface area (TPSA) is 62.1 Å². The van der Waals surface area contributed by atoms with Gasteiger partial charge in [0.25, 0.3) is 0 Å². The Balaban J connectivity index is 1.85. The lowest BCUT2D eigenvalue weighted by molar-refractivity contribution is 0.456. The van der Waals surface area contributed by atoms with Crippen LogP contribution in [-0.2, 0) is 13.0 Å². The first-order chi connectivity index (χ1) is 8.72. The highest BCUT2D eigenvalue weighted by Crippen LogP contribution is 2.25. The number of nitrogens with one attached hydrogen (secondary N) is 1. The van der Waals surface area contributed by atoms with Crippen LogP contribution in [0, 0.1) is 0 Å². The molecular formula is C12H12ClN3O2. The second-order valence-corrected chi connectivity index (χ2v) is 4.69. The smallest absolute Gasteiger partial charge is 0.411 e. The highest BCUT2D eigenvalue weighted by Gasteiger charge is 2.21. The van der Waals surface area contributed by atoms with Crippen molar-refractivity contribution in [3.05, 3.63) is 45.4 Å². The number of hydrogen-bond acceptors (Lipinski definition) is 4. The molecule has 0 saturated carbocycles. The number of H-pyrrole nitrogens is 1. The summed E-state index contributed by atoms with van der Waals surface area (Å²) < 4.78 is 5.10. The maximum absolute atomic E-state index is 11.2. The zero-order chi connectivity index (χ0) is 12.5. The largest absolute Gasteiger partial charge is 0.418 e. The Morgan fingerprint density at radius 1 is 1.50 bits per heavy atom. The molecule has 3 rings (SSSR count). The number of hydrogen-bond donors (Lipinski definition) is 1. The van der Waals surface area contributed by atoms with E-state index in [2.05, 4.69) is 14.9 Å². The van der Waals surface area contributed by atoms with E-state index >= 15 is 0 Å². The standard InChI is InChI=1S/C12H12ClN3O2/c13-10-4-3-8(6-14-10)7-16-5-1-2-9-11(16)15-12(17)18-9/h3-4,6H,1-2,5,7H2,(H,15,17). The summed E-state index contributed by atoms with van der Waals surface area (Å²) in [4.78, 5) is 20.1. The van der Waals surface area contributed by atoms with Crippen molar-refractivity contribution in [2.24, 2.45) is 0 Å². The highest BCUT2D eigenvalue weighted by atomic mass is 35.5. The molecule has 0 atom stereocenters. The summed E-state index contributed by atoms with van der Waals surface area (Å²) in [6.07, 6.45) is 3.53. The first-order valence-corrected chi connectivity index (χ1v) is 6.17. The average Bonchev–Trinajstić information content (AvgIpc) is 2.73. The first-order valence-electron chi connectivity index (χ1n) is 5.80. The zero-order valence-corrected chi connectivity index (χ0v) is 10.4. The van der Waals surface area contributed by atoms with Crippen molar-refractivity contribution in [2.45, 2.75) is 19.4 Å². The fraction of sp³-hybridized carbons (Fsp3) is 0.333. The molecule has 1 aliphatic heterocycles. The van der Waals surface area contributed by atoms with E-state index in [0.717, 1.165) is 36.5 Å². The van der Waals surface area contributed by atoms with Crippen molar-refractivity contribution in [1.82, 2.24) is 9.97 Å². The van der Waals surface area contributed by atoms with Crippen LogP contribution >= 0.6 is 11.6 Å². The summed E-state index contributed by atoms with van der Waals surface area (Å²) in [5, 5.41) is 0.481. The van der Waals surface area contributed by atoms with Gasteiger partial charge in [0.2, 0.25) is 0 Å². The van der Waals surface area contributed by atoms with Gasteiger partial charge in [-0.3, -0.25) is 4.98 Å². The third kappa shape index (κ3) is 2.13. The van der Waals surface area contributed by atoms with E-state index in [1.165, 1.54) is 0 Å². The first kappa shape index (κ1) is 11.3. The Labute approximate surface area is 108 Å². The molecule has 1 N–H and O–H groups in total. The molecule has 0 amide bonds. The third-order valence-electron chi connectivity index (χ3n) is 3.01. The molecule has 0 unspecified atom stereocenters. The van der Waals surface area contributed by atoms with Crippen LogP contribution < -0.4 is 10.7 Å². The monoisotopic (exact) mass is 265 g/mol. The van der Waals surface area contributed by atoms with Gasteiger partial charge in [0.05, 0.1) is 0 Å². The van der Waals surface area contributed by atoms with Gasteiger partial charge in [-0.1, -0.05) is 17.7 Å². The molecule has 18 heavy (non-hydrogen) atoms. The molecule has 0 radical (unpaired) electrons. The van der Waals surface area contributed by atoms with Crippen LogP contribution in [-0.4, -0.2) is 16.5 Å². The van der Waals surface area contributed by atoms with E-state index < -0.39 is 0 Å². The molecule has 0 saturated heterocycles. The third-order valence-corrected chi connectivity index (χ3v) is 3.23. The van der Waals surface area contributed by atoms with Gasteiger partial charge in [-0.05, 0) is 18.1 Å². The molecule has 0 fully saturated rings. The number of oxazole rings is 1. The lowest BCUT2D eigenvalue weighted by Gasteiger charge is -2.26. The van der Waals surface area contributed by atoms with E-state index in [-0.39, 0.29) is 5.76 Å². The van der Waals surface area contributed by atoms with Crippen LogP contribution in [0.15, 0.2) is 27.5 Å². The van der Waals surface area contributed by atoms with Crippen LogP contribution in [0.25, 0.3) is 0 Å². The van der Waals surface area contributed by atoms with Crippen molar-refractivity contribution in [2.75, 3.05) is 11.4 Å². The van der Waals surface area contributed by atoms with Crippen molar-refractivity contribution in [3.63, 3.8) is 0 Å². The second-order valence-electron chi connectivity index (χ2n) is 4.30. The summed E-state index contributed by atoms with van der Waals surface area (Å²) >= 11 is 5.75. The predicted molar refractivity (Wildman–Crippen MR) is 67.9 cm³/mol. The van der Waals surface area contributed by atoms with Crippen molar-refractivity contribution in [1.29, 1.82) is 0 Å². The van der Waals surface area contributed by atoms with Gasteiger partial charge < -0.3 is 9.32 Å². The van der Waals surface area contributed by atoms with Crippen LogP contribution in [0.5, 0.6) is 0 Å².